The van der Waals surface area contributed by atoms with Gasteiger partial charge in [0.05, 0.1) is 6.54 Å². The summed E-state index contributed by atoms with van der Waals surface area (Å²) in [5.74, 6) is 0. The topological polar surface area (TPSA) is 24.4 Å². The molecule has 0 spiro atoms. The van der Waals surface area contributed by atoms with Crippen molar-refractivity contribution < 1.29 is 0 Å². The van der Waals surface area contributed by atoms with Crippen LogP contribution in [0.4, 0.5) is 0 Å². The Morgan fingerprint density at radius 1 is 1.38 bits per heavy atom. The Bertz CT molecular complexity index is 117. The van der Waals surface area contributed by atoms with Gasteiger partial charge in [-0.25, -0.2) is 0 Å². The van der Waals surface area contributed by atoms with Gasteiger partial charge in [0.1, 0.15) is 0 Å². The molecule has 0 aromatic carbocycles. The third kappa shape index (κ3) is 1.60. The number of hydrogen-bond acceptors (Lipinski definition) is 2. The van der Waals surface area contributed by atoms with Crippen molar-refractivity contribution >= 4 is 6.21 Å². The SMILES string of the molecule is C1=CNC=CCN=C1. The number of aliphatic imine (C=N–C) groups is 1. The maximum Gasteiger partial charge on any atom is 0.0587 e. The molecule has 2 nitrogen and oxygen atoms in total. The second-order valence-corrected chi connectivity index (χ2v) is 1.44. The smallest absolute Gasteiger partial charge is 0.0587 e. The van der Waals surface area contributed by atoms with Crippen LogP contribution in [0, 0.1) is 0 Å². The lowest BCUT2D eigenvalue weighted by atomic mass is 10.5. The van der Waals surface area contributed by atoms with Gasteiger partial charge in [0.15, 0.2) is 0 Å². The summed E-state index contributed by atoms with van der Waals surface area (Å²) in [5, 5.41) is 2.93. The van der Waals surface area contributed by atoms with E-state index in [1.807, 2.05) is 24.6 Å². The van der Waals surface area contributed by atoms with Gasteiger partial charge in [-0.15, -0.1) is 0 Å². The lowest BCUT2D eigenvalue weighted by Crippen LogP contribution is -1.93. The average molecular weight is 108 g/mol. The standard InChI is InChI=1S/C6H8N2/c1-3-7-5-2-6-8-4-1/h1-5,7H,6H2. The molecular formula is C6H8N2. The highest BCUT2D eigenvalue weighted by Gasteiger charge is 1.72. The molecule has 0 unspecified atom stereocenters. The third-order valence-corrected chi connectivity index (χ3v) is 0.809. The highest BCUT2D eigenvalue weighted by molar-refractivity contribution is 5.71. The number of hydrogen-bond donors (Lipinski definition) is 1. The lowest BCUT2D eigenvalue weighted by molar-refractivity contribution is 1.14. The first-order valence-corrected chi connectivity index (χ1v) is 2.56. The van der Waals surface area contributed by atoms with Gasteiger partial charge < -0.3 is 5.32 Å². The molecule has 0 aliphatic carbocycles. The molecular weight excluding hydrogens is 100 g/mol. The fraction of sp³-hybridized carbons (Fsp3) is 0.167. The first-order valence-electron chi connectivity index (χ1n) is 2.56. The number of nitrogens with zero attached hydrogens (tertiary/aromatic N) is 1. The van der Waals surface area contributed by atoms with Crippen molar-refractivity contribution in [2.24, 2.45) is 4.99 Å². The van der Waals surface area contributed by atoms with E-state index in [0.717, 1.165) is 6.54 Å². The first kappa shape index (κ1) is 5.09. The van der Waals surface area contributed by atoms with E-state index in [1.54, 1.807) is 6.21 Å². The Morgan fingerprint density at radius 3 is 3.38 bits per heavy atom. The minimum Gasteiger partial charge on any atom is -0.368 e. The van der Waals surface area contributed by atoms with Gasteiger partial charge in [0, 0.05) is 12.4 Å². The van der Waals surface area contributed by atoms with Crippen molar-refractivity contribution in [1.29, 1.82) is 0 Å². The Morgan fingerprint density at radius 2 is 2.38 bits per heavy atom. The number of rotatable bonds is 0. The summed E-state index contributed by atoms with van der Waals surface area (Å²) < 4.78 is 0. The van der Waals surface area contributed by atoms with Gasteiger partial charge in [-0.1, -0.05) is 0 Å². The molecule has 0 amide bonds. The summed E-state index contributed by atoms with van der Waals surface area (Å²) in [6.45, 7) is 0.775. The molecule has 1 heterocycles. The number of nitrogens with one attached hydrogen (secondary N) is 1. The minimum atomic E-state index is 0.775. The quantitative estimate of drug-likeness (QED) is 0.485. The second kappa shape index (κ2) is 3.02. The fourth-order valence-corrected chi connectivity index (χ4v) is 0.457. The monoisotopic (exact) mass is 108 g/mol. The van der Waals surface area contributed by atoms with Crippen LogP contribution < -0.4 is 5.32 Å². The van der Waals surface area contributed by atoms with E-state index in [0.29, 0.717) is 0 Å². The van der Waals surface area contributed by atoms with E-state index in [-0.39, 0.29) is 0 Å². The highest BCUT2D eigenvalue weighted by atomic mass is 14.8. The molecule has 2 heteroatoms. The zero-order valence-corrected chi connectivity index (χ0v) is 4.54. The van der Waals surface area contributed by atoms with E-state index in [9.17, 15) is 0 Å². The highest BCUT2D eigenvalue weighted by Crippen LogP contribution is 1.76. The van der Waals surface area contributed by atoms with E-state index in [1.165, 1.54) is 0 Å². The average Bonchev–Trinajstić information content (AvgIpc) is 1.62. The Balaban J connectivity index is 2.51. The molecule has 0 fully saturated rings. The molecule has 1 aliphatic rings. The van der Waals surface area contributed by atoms with Crippen molar-refractivity contribution in [1.82, 2.24) is 5.32 Å². The van der Waals surface area contributed by atoms with Gasteiger partial charge in [0.2, 0.25) is 0 Å². The summed E-state index contributed by atoms with van der Waals surface area (Å²) >= 11 is 0. The molecule has 0 saturated carbocycles. The molecule has 0 bridgehead atoms. The zero-order valence-electron chi connectivity index (χ0n) is 4.54. The summed E-state index contributed by atoms with van der Waals surface area (Å²) in [4.78, 5) is 3.99. The molecule has 0 aromatic heterocycles. The second-order valence-electron chi connectivity index (χ2n) is 1.44. The van der Waals surface area contributed by atoms with Gasteiger partial charge in [-0.05, 0) is 18.4 Å². The van der Waals surface area contributed by atoms with Crippen LogP contribution in [0.3, 0.4) is 0 Å². The van der Waals surface area contributed by atoms with Crippen LogP contribution in [0.1, 0.15) is 0 Å². The van der Waals surface area contributed by atoms with Gasteiger partial charge in [0.25, 0.3) is 0 Å². The van der Waals surface area contributed by atoms with Crippen LogP contribution in [0.15, 0.2) is 29.5 Å². The zero-order chi connectivity index (χ0) is 5.66. The molecule has 1 rings (SSSR count). The first-order chi connectivity index (χ1) is 4.00. The molecule has 8 heavy (non-hydrogen) atoms. The van der Waals surface area contributed by atoms with E-state index in [4.69, 9.17) is 0 Å². The van der Waals surface area contributed by atoms with Crippen molar-refractivity contribution in [3.05, 3.63) is 24.6 Å². The predicted molar refractivity (Wildman–Crippen MR) is 34.8 cm³/mol. The largest absolute Gasteiger partial charge is 0.368 e. The predicted octanol–water partition coefficient (Wildman–Crippen LogP) is 0.688. The van der Waals surface area contributed by atoms with Crippen molar-refractivity contribution in [3.63, 3.8) is 0 Å². The van der Waals surface area contributed by atoms with E-state index >= 15 is 0 Å². The molecule has 0 saturated heterocycles. The Labute approximate surface area is 48.6 Å². The summed E-state index contributed by atoms with van der Waals surface area (Å²) in [5.41, 5.74) is 0. The van der Waals surface area contributed by atoms with Crippen LogP contribution in [0.25, 0.3) is 0 Å². The molecule has 42 valence electrons. The molecule has 1 N–H and O–H groups in total. The van der Waals surface area contributed by atoms with E-state index < -0.39 is 0 Å². The van der Waals surface area contributed by atoms with Crippen molar-refractivity contribution in [2.45, 2.75) is 0 Å². The van der Waals surface area contributed by atoms with Crippen molar-refractivity contribution in [3.8, 4) is 0 Å². The summed E-state index contributed by atoms with van der Waals surface area (Å²) in [6, 6.07) is 0. The normalized spacial score (nSPS) is 17.0. The maximum atomic E-state index is 3.99. The van der Waals surface area contributed by atoms with Crippen LogP contribution in [0.2, 0.25) is 0 Å². The van der Waals surface area contributed by atoms with E-state index in [2.05, 4.69) is 10.3 Å². The Kier molecular flexibility index (Phi) is 1.92. The molecule has 0 atom stereocenters. The summed E-state index contributed by atoms with van der Waals surface area (Å²) in [7, 11) is 0. The molecule has 0 aromatic rings. The fourth-order valence-electron chi connectivity index (χ4n) is 0.457. The lowest BCUT2D eigenvalue weighted by Gasteiger charge is -1.89. The summed E-state index contributed by atoms with van der Waals surface area (Å²) in [6.07, 6.45) is 9.30. The minimum absolute atomic E-state index is 0.775. The number of allylic oxidation sites excluding steroid dienone is 1. The van der Waals surface area contributed by atoms with Crippen LogP contribution in [0.5, 0.6) is 0 Å². The molecule has 0 radical (unpaired) electrons. The van der Waals surface area contributed by atoms with Gasteiger partial charge in [-0.3, -0.25) is 4.99 Å². The Hall–Kier alpha value is -1.05. The molecule has 1 aliphatic heterocycles. The van der Waals surface area contributed by atoms with Crippen LogP contribution in [-0.2, 0) is 0 Å². The van der Waals surface area contributed by atoms with Crippen LogP contribution >= 0.6 is 0 Å². The van der Waals surface area contributed by atoms with Gasteiger partial charge >= 0.3 is 0 Å². The van der Waals surface area contributed by atoms with Gasteiger partial charge in [-0.2, -0.15) is 0 Å². The van der Waals surface area contributed by atoms with Crippen LogP contribution in [-0.4, -0.2) is 12.8 Å². The van der Waals surface area contributed by atoms with Crippen molar-refractivity contribution in [2.75, 3.05) is 6.54 Å². The maximum absolute atomic E-state index is 3.99. The third-order valence-electron chi connectivity index (χ3n) is 0.809.